The van der Waals surface area contributed by atoms with Crippen molar-refractivity contribution in [3.8, 4) is 0 Å². The van der Waals surface area contributed by atoms with E-state index in [1.54, 1.807) is 0 Å². The summed E-state index contributed by atoms with van der Waals surface area (Å²) in [6.07, 6.45) is 0.333. The second-order valence-corrected chi connectivity index (χ2v) is 3.35. The van der Waals surface area contributed by atoms with Crippen LogP contribution in [0.3, 0.4) is 0 Å². The van der Waals surface area contributed by atoms with Crippen molar-refractivity contribution in [3.63, 3.8) is 0 Å². The van der Waals surface area contributed by atoms with Crippen LogP contribution in [0.4, 0.5) is 11.4 Å². The molecule has 84 valence electrons. The summed E-state index contributed by atoms with van der Waals surface area (Å²) in [7, 11) is 0. The molecule has 0 bridgehead atoms. The Bertz CT molecular complexity index is 473. The molecule has 7 heteroatoms. The fourth-order valence-corrected chi connectivity index (χ4v) is 1.32. The molecule has 1 amide bonds. The summed E-state index contributed by atoms with van der Waals surface area (Å²) in [6, 6.07) is 2.19. The Balaban J connectivity index is 3.30. The zero-order chi connectivity index (χ0) is 12.3. The number of hydrogen-bond acceptors (Lipinski definition) is 4. The molecule has 6 nitrogen and oxygen atoms in total. The molecular weight excluding hydrogens is 236 g/mol. The number of hydrogen-bond donors (Lipinski definition) is 1. The molecule has 1 N–H and O–H groups in total. The SMILES string of the molecule is CC(=O)Nc1cc(C=O)c([N+](=O)[O-])cc1Cl. The average Bonchev–Trinajstić information content (AvgIpc) is 2.19. The van der Waals surface area contributed by atoms with E-state index < -0.39 is 10.6 Å². The third-order valence-corrected chi connectivity index (χ3v) is 2.06. The van der Waals surface area contributed by atoms with Gasteiger partial charge in [0, 0.05) is 13.0 Å². The van der Waals surface area contributed by atoms with Crippen LogP contribution in [-0.4, -0.2) is 17.1 Å². The molecule has 1 aromatic carbocycles. The van der Waals surface area contributed by atoms with Gasteiger partial charge in [-0.1, -0.05) is 11.6 Å². The van der Waals surface area contributed by atoms with Crippen LogP contribution in [-0.2, 0) is 4.79 Å². The number of nitrogens with zero attached hydrogens (tertiary/aromatic N) is 1. The Kier molecular flexibility index (Phi) is 3.57. The minimum atomic E-state index is -0.715. The minimum absolute atomic E-state index is 0.00694. The molecule has 0 saturated heterocycles. The van der Waals surface area contributed by atoms with Crippen molar-refractivity contribution in [2.45, 2.75) is 6.92 Å². The summed E-state index contributed by atoms with van der Waals surface area (Å²) in [5.41, 5.74) is -0.367. The summed E-state index contributed by atoms with van der Waals surface area (Å²) < 4.78 is 0. The molecule has 0 aliphatic carbocycles. The van der Waals surface area contributed by atoms with Gasteiger partial charge in [0.2, 0.25) is 5.91 Å². The number of nitro benzene ring substituents is 1. The van der Waals surface area contributed by atoms with E-state index in [-0.39, 0.29) is 22.2 Å². The first-order chi connectivity index (χ1) is 7.45. The molecule has 0 fully saturated rings. The van der Waals surface area contributed by atoms with E-state index in [1.165, 1.54) is 6.92 Å². The number of carbonyl (C=O) groups is 2. The Hall–Kier alpha value is -1.95. The van der Waals surface area contributed by atoms with Gasteiger partial charge in [0.25, 0.3) is 5.69 Å². The number of carbonyl (C=O) groups excluding carboxylic acids is 2. The zero-order valence-electron chi connectivity index (χ0n) is 8.19. The molecule has 16 heavy (non-hydrogen) atoms. The van der Waals surface area contributed by atoms with Crippen molar-refractivity contribution in [2.24, 2.45) is 0 Å². The van der Waals surface area contributed by atoms with Crippen LogP contribution in [0.25, 0.3) is 0 Å². The fourth-order valence-electron chi connectivity index (χ4n) is 1.12. The number of anilines is 1. The maximum absolute atomic E-state index is 10.8. The van der Waals surface area contributed by atoms with Crippen LogP contribution < -0.4 is 5.32 Å². The topological polar surface area (TPSA) is 89.3 Å². The molecular formula is C9H7ClN2O4. The minimum Gasteiger partial charge on any atom is -0.325 e. The Labute approximate surface area is 95.4 Å². The van der Waals surface area contributed by atoms with Crippen molar-refractivity contribution in [1.29, 1.82) is 0 Å². The number of halogens is 1. The number of nitro groups is 1. The van der Waals surface area contributed by atoms with E-state index in [4.69, 9.17) is 11.6 Å². The average molecular weight is 243 g/mol. The van der Waals surface area contributed by atoms with Gasteiger partial charge >= 0.3 is 0 Å². The summed E-state index contributed by atoms with van der Waals surface area (Å²) in [5, 5.41) is 12.9. The lowest BCUT2D eigenvalue weighted by Crippen LogP contribution is -2.07. The third-order valence-electron chi connectivity index (χ3n) is 1.75. The van der Waals surface area contributed by atoms with Crippen molar-refractivity contribution in [1.82, 2.24) is 0 Å². The highest BCUT2D eigenvalue weighted by atomic mass is 35.5. The zero-order valence-corrected chi connectivity index (χ0v) is 8.95. The lowest BCUT2D eigenvalue weighted by molar-refractivity contribution is -0.385. The number of nitrogens with one attached hydrogen (secondary N) is 1. The van der Waals surface area contributed by atoms with Crippen LogP contribution in [0.5, 0.6) is 0 Å². The molecule has 1 rings (SSSR count). The standard InChI is InChI=1S/C9H7ClN2O4/c1-5(14)11-8-2-6(4-13)9(12(15)16)3-7(8)10/h2-4H,1H3,(H,11,14). The Morgan fingerprint density at radius 1 is 1.56 bits per heavy atom. The molecule has 0 spiro atoms. The molecule has 0 heterocycles. The van der Waals surface area contributed by atoms with Gasteiger partial charge in [-0.2, -0.15) is 0 Å². The maximum atomic E-state index is 10.8. The van der Waals surface area contributed by atoms with Gasteiger partial charge in [-0.3, -0.25) is 19.7 Å². The van der Waals surface area contributed by atoms with Gasteiger partial charge in [0.05, 0.1) is 21.2 Å². The lowest BCUT2D eigenvalue weighted by atomic mass is 10.1. The number of benzene rings is 1. The van der Waals surface area contributed by atoms with Crippen LogP contribution in [0.1, 0.15) is 17.3 Å². The molecule has 0 aliphatic rings. The van der Waals surface area contributed by atoms with Gasteiger partial charge in [-0.25, -0.2) is 0 Å². The maximum Gasteiger partial charge on any atom is 0.281 e. The van der Waals surface area contributed by atoms with E-state index in [1.807, 2.05) is 0 Å². The highest BCUT2D eigenvalue weighted by molar-refractivity contribution is 6.34. The van der Waals surface area contributed by atoms with Crippen molar-refractivity contribution >= 4 is 35.2 Å². The van der Waals surface area contributed by atoms with Crippen molar-refractivity contribution in [2.75, 3.05) is 5.32 Å². The molecule has 0 radical (unpaired) electrons. The third kappa shape index (κ3) is 2.54. The predicted octanol–water partition coefficient (Wildman–Crippen LogP) is 2.02. The van der Waals surface area contributed by atoms with Gasteiger partial charge in [-0.05, 0) is 6.07 Å². The van der Waals surface area contributed by atoms with E-state index >= 15 is 0 Å². The van der Waals surface area contributed by atoms with Crippen LogP contribution in [0, 0.1) is 10.1 Å². The van der Waals surface area contributed by atoms with Crippen LogP contribution in [0.15, 0.2) is 12.1 Å². The first kappa shape index (κ1) is 12.1. The van der Waals surface area contributed by atoms with Gasteiger partial charge in [0.15, 0.2) is 6.29 Å². The summed E-state index contributed by atoms with van der Waals surface area (Å²) in [5.74, 6) is -0.382. The summed E-state index contributed by atoms with van der Waals surface area (Å²) in [6.45, 7) is 1.26. The Morgan fingerprint density at radius 3 is 2.62 bits per heavy atom. The van der Waals surface area contributed by atoms with Gasteiger partial charge < -0.3 is 5.32 Å². The quantitative estimate of drug-likeness (QED) is 0.499. The second-order valence-electron chi connectivity index (χ2n) is 2.95. The monoisotopic (exact) mass is 242 g/mol. The number of rotatable bonds is 3. The van der Waals surface area contributed by atoms with Gasteiger partial charge in [-0.15, -0.1) is 0 Å². The van der Waals surface area contributed by atoms with Crippen molar-refractivity contribution < 1.29 is 14.5 Å². The molecule has 0 atom stereocenters. The van der Waals surface area contributed by atoms with E-state index in [0.29, 0.717) is 6.29 Å². The second kappa shape index (κ2) is 4.71. The number of amides is 1. The first-order valence-electron chi connectivity index (χ1n) is 4.16. The first-order valence-corrected chi connectivity index (χ1v) is 4.54. The smallest absolute Gasteiger partial charge is 0.281 e. The lowest BCUT2D eigenvalue weighted by Gasteiger charge is -2.05. The van der Waals surface area contributed by atoms with E-state index in [9.17, 15) is 19.7 Å². The van der Waals surface area contributed by atoms with E-state index in [2.05, 4.69) is 5.32 Å². The predicted molar refractivity (Wildman–Crippen MR) is 57.8 cm³/mol. The number of aldehydes is 1. The van der Waals surface area contributed by atoms with Crippen LogP contribution in [0.2, 0.25) is 5.02 Å². The largest absolute Gasteiger partial charge is 0.325 e. The fraction of sp³-hybridized carbons (Fsp3) is 0.111. The normalized spacial score (nSPS) is 9.62. The highest BCUT2D eigenvalue weighted by Crippen LogP contribution is 2.29. The highest BCUT2D eigenvalue weighted by Gasteiger charge is 2.17. The molecule has 1 aromatic rings. The molecule has 0 aliphatic heterocycles. The summed E-state index contributed by atoms with van der Waals surface area (Å²) in [4.78, 5) is 31.3. The molecule has 0 saturated carbocycles. The van der Waals surface area contributed by atoms with E-state index in [0.717, 1.165) is 12.1 Å². The Morgan fingerprint density at radius 2 is 2.19 bits per heavy atom. The van der Waals surface area contributed by atoms with Crippen molar-refractivity contribution in [3.05, 3.63) is 32.8 Å². The molecule has 0 aromatic heterocycles. The van der Waals surface area contributed by atoms with Gasteiger partial charge in [0.1, 0.15) is 0 Å². The van der Waals surface area contributed by atoms with Crippen LogP contribution >= 0.6 is 11.6 Å². The molecule has 0 unspecified atom stereocenters. The summed E-state index contributed by atoms with van der Waals surface area (Å²) >= 11 is 5.71.